The van der Waals surface area contributed by atoms with Crippen LogP contribution in [0.1, 0.15) is 31.1 Å². The Labute approximate surface area is 141 Å². The van der Waals surface area contributed by atoms with E-state index in [2.05, 4.69) is 5.32 Å². The van der Waals surface area contributed by atoms with Crippen molar-refractivity contribution >= 4 is 5.91 Å². The van der Waals surface area contributed by atoms with Crippen LogP contribution in [0.2, 0.25) is 0 Å². The van der Waals surface area contributed by atoms with E-state index in [0.29, 0.717) is 16.9 Å². The van der Waals surface area contributed by atoms with E-state index in [1.54, 1.807) is 57.4 Å². The molecule has 5 heteroatoms. The van der Waals surface area contributed by atoms with Crippen LogP contribution in [0.3, 0.4) is 0 Å². The third-order valence-corrected chi connectivity index (χ3v) is 4.07. The fraction of sp³-hybridized carbons (Fsp3) is 0.316. The number of carbonyl (C=O) groups excluding carboxylic acids is 1. The lowest BCUT2D eigenvalue weighted by Crippen LogP contribution is -2.41. The van der Waals surface area contributed by atoms with Crippen LogP contribution in [0.4, 0.5) is 4.39 Å². The van der Waals surface area contributed by atoms with Crippen LogP contribution in [-0.4, -0.2) is 24.7 Å². The highest BCUT2D eigenvalue weighted by Crippen LogP contribution is 2.24. The van der Waals surface area contributed by atoms with Crippen LogP contribution in [0.5, 0.6) is 5.75 Å². The SMILES string of the molecule is COc1ccc(C(O)CNC(=O)C(C)(C)c2cccc(F)c2)cc1. The molecule has 0 bridgehead atoms. The maximum Gasteiger partial charge on any atom is 0.230 e. The first-order valence-electron chi connectivity index (χ1n) is 7.71. The fourth-order valence-corrected chi connectivity index (χ4v) is 2.36. The van der Waals surface area contributed by atoms with Gasteiger partial charge in [0, 0.05) is 6.54 Å². The van der Waals surface area contributed by atoms with Gasteiger partial charge in [0.2, 0.25) is 5.91 Å². The molecule has 4 nitrogen and oxygen atoms in total. The van der Waals surface area contributed by atoms with Gasteiger partial charge in [-0.2, -0.15) is 0 Å². The number of nitrogens with one attached hydrogen (secondary N) is 1. The second-order valence-electron chi connectivity index (χ2n) is 6.13. The second kappa shape index (κ2) is 7.45. The molecule has 0 aliphatic carbocycles. The summed E-state index contributed by atoms with van der Waals surface area (Å²) in [5.74, 6) is 0.0366. The molecule has 0 fully saturated rings. The summed E-state index contributed by atoms with van der Waals surface area (Å²) in [7, 11) is 1.57. The molecule has 128 valence electrons. The number of halogens is 1. The third kappa shape index (κ3) is 4.11. The maximum atomic E-state index is 13.4. The van der Waals surface area contributed by atoms with Crippen molar-refractivity contribution in [1.29, 1.82) is 0 Å². The van der Waals surface area contributed by atoms with Crippen LogP contribution in [0.25, 0.3) is 0 Å². The number of hydrogen-bond donors (Lipinski definition) is 2. The second-order valence-corrected chi connectivity index (χ2v) is 6.13. The van der Waals surface area contributed by atoms with E-state index in [4.69, 9.17) is 4.74 Å². The Kier molecular flexibility index (Phi) is 5.57. The van der Waals surface area contributed by atoms with Crippen molar-refractivity contribution in [2.24, 2.45) is 0 Å². The normalized spacial score (nSPS) is 12.5. The van der Waals surface area contributed by atoms with Gasteiger partial charge in [-0.15, -0.1) is 0 Å². The van der Waals surface area contributed by atoms with Gasteiger partial charge in [0.05, 0.1) is 18.6 Å². The minimum Gasteiger partial charge on any atom is -0.497 e. The zero-order valence-electron chi connectivity index (χ0n) is 14.0. The molecule has 0 saturated carbocycles. The molecular formula is C19H22FNO3. The minimum absolute atomic E-state index is 0.0733. The number of methoxy groups -OCH3 is 1. The van der Waals surface area contributed by atoms with E-state index in [0.717, 1.165) is 0 Å². The molecule has 0 aromatic heterocycles. The average Bonchev–Trinajstić information content (AvgIpc) is 2.59. The van der Waals surface area contributed by atoms with Crippen LogP contribution >= 0.6 is 0 Å². The summed E-state index contributed by atoms with van der Waals surface area (Å²) in [6, 6.07) is 13.0. The first-order valence-corrected chi connectivity index (χ1v) is 7.71. The van der Waals surface area contributed by atoms with Crippen molar-refractivity contribution in [1.82, 2.24) is 5.32 Å². The molecule has 1 atom stereocenters. The van der Waals surface area contributed by atoms with Gasteiger partial charge in [-0.3, -0.25) is 4.79 Å². The molecule has 0 spiro atoms. The quantitative estimate of drug-likeness (QED) is 0.855. The van der Waals surface area contributed by atoms with Crippen molar-refractivity contribution in [2.45, 2.75) is 25.4 Å². The van der Waals surface area contributed by atoms with Crippen molar-refractivity contribution in [3.63, 3.8) is 0 Å². The average molecular weight is 331 g/mol. The summed E-state index contributed by atoms with van der Waals surface area (Å²) in [5.41, 5.74) is 0.362. The number of ether oxygens (including phenoxy) is 1. The number of benzene rings is 2. The highest BCUT2D eigenvalue weighted by atomic mass is 19.1. The standard InChI is InChI=1S/C19H22FNO3/c1-19(2,14-5-4-6-15(20)11-14)18(23)21-12-17(22)13-7-9-16(24-3)10-8-13/h4-11,17,22H,12H2,1-3H3,(H,21,23). The Morgan fingerprint density at radius 1 is 1.25 bits per heavy atom. The van der Waals surface area contributed by atoms with Crippen LogP contribution in [0.15, 0.2) is 48.5 Å². The van der Waals surface area contributed by atoms with Gasteiger partial charge in [-0.1, -0.05) is 24.3 Å². The molecule has 2 aromatic carbocycles. The van der Waals surface area contributed by atoms with Gasteiger partial charge in [0.15, 0.2) is 0 Å². The van der Waals surface area contributed by atoms with Gasteiger partial charge >= 0.3 is 0 Å². The van der Waals surface area contributed by atoms with Crippen molar-refractivity contribution in [3.05, 3.63) is 65.5 Å². The van der Waals surface area contributed by atoms with Gasteiger partial charge in [0.25, 0.3) is 0 Å². The topological polar surface area (TPSA) is 58.6 Å². The number of aliphatic hydroxyl groups is 1. The van der Waals surface area contributed by atoms with Crippen molar-refractivity contribution < 1.29 is 19.0 Å². The molecule has 0 aliphatic rings. The molecular weight excluding hydrogens is 309 g/mol. The summed E-state index contributed by atoms with van der Waals surface area (Å²) < 4.78 is 18.4. The first kappa shape index (κ1) is 17.9. The highest BCUT2D eigenvalue weighted by molar-refractivity contribution is 5.87. The number of aliphatic hydroxyl groups excluding tert-OH is 1. The first-order chi connectivity index (χ1) is 11.3. The van der Waals surface area contributed by atoms with E-state index in [-0.39, 0.29) is 18.3 Å². The molecule has 0 heterocycles. The predicted molar refractivity (Wildman–Crippen MR) is 90.4 cm³/mol. The number of hydrogen-bond acceptors (Lipinski definition) is 3. The Bertz CT molecular complexity index is 698. The van der Waals surface area contributed by atoms with Gasteiger partial charge in [0.1, 0.15) is 11.6 Å². The van der Waals surface area contributed by atoms with Crippen LogP contribution in [0, 0.1) is 5.82 Å². The Morgan fingerprint density at radius 3 is 2.50 bits per heavy atom. The monoisotopic (exact) mass is 331 g/mol. The zero-order valence-corrected chi connectivity index (χ0v) is 14.0. The Balaban J connectivity index is 2.00. The van der Waals surface area contributed by atoms with E-state index in [1.165, 1.54) is 12.1 Å². The van der Waals surface area contributed by atoms with Crippen molar-refractivity contribution in [2.75, 3.05) is 13.7 Å². The van der Waals surface area contributed by atoms with Crippen LogP contribution in [-0.2, 0) is 10.2 Å². The third-order valence-electron chi connectivity index (χ3n) is 4.07. The van der Waals surface area contributed by atoms with E-state index >= 15 is 0 Å². The summed E-state index contributed by atoms with van der Waals surface area (Å²) in [5, 5.41) is 12.9. The van der Waals surface area contributed by atoms with Gasteiger partial charge in [-0.25, -0.2) is 4.39 Å². The Hall–Kier alpha value is -2.40. The van der Waals surface area contributed by atoms with Gasteiger partial charge in [-0.05, 0) is 49.2 Å². The lowest BCUT2D eigenvalue weighted by molar-refractivity contribution is -0.126. The molecule has 0 saturated heterocycles. The summed E-state index contributed by atoms with van der Waals surface area (Å²) in [4.78, 5) is 12.4. The summed E-state index contributed by atoms with van der Waals surface area (Å²) in [6.45, 7) is 3.51. The van der Waals surface area contributed by atoms with E-state index < -0.39 is 11.5 Å². The fourth-order valence-electron chi connectivity index (χ4n) is 2.36. The molecule has 1 unspecified atom stereocenters. The maximum absolute atomic E-state index is 13.4. The zero-order chi connectivity index (χ0) is 17.7. The van der Waals surface area contributed by atoms with Crippen LogP contribution < -0.4 is 10.1 Å². The molecule has 1 amide bonds. The molecule has 24 heavy (non-hydrogen) atoms. The van der Waals surface area contributed by atoms with Crippen molar-refractivity contribution in [3.8, 4) is 5.75 Å². The predicted octanol–water partition coefficient (Wildman–Crippen LogP) is 2.96. The molecule has 2 rings (SSSR count). The lowest BCUT2D eigenvalue weighted by atomic mass is 9.83. The highest BCUT2D eigenvalue weighted by Gasteiger charge is 2.30. The number of carbonyl (C=O) groups is 1. The lowest BCUT2D eigenvalue weighted by Gasteiger charge is -2.25. The Morgan fingerprint density at radius 2 is 1.92 bits per heavy atom. The number of rotatable bonds is 6. The van der Waals surface area contributed by atoms with E-state index in [1.807, 2.05) is 0 Å². The summed E-state index contributed by atoms with van der Waals surface area (Å²) >= 11 is 0. The molecule has 2 N–H and O–H groups in total. The number of amides is 1. The minimum atomic E-state index is -0.901. The largest absolute Gasteiger partial charge is 0.497 e. The van der Waals surface area contributed by atoms with E-state index in [9.17, 15) is 14.3 Å². The summed E-state index contributed by atoms with van der Waals surface area (Å²) in [6.07, 6.45) is -0.830. The van der Waals surface area contributed by atoms with Gasteiger partial charge < -0.3 is 15.2 Å². The smallest absolute Gasteiger partial charge is 0.230 e. The molecule has 0 radical (unpaired) electrons. The molecule has 2 aromatic rings. The molecule has 0 aliphatic heterocycles.